The SMILES string of the molecule is CC(C)n1nccc1NC(=O)COc1ccc(F)cc1F. The Kier molecular flexibility index (Phi) is 4.52. The molecule has 1 aromatic heterocycles. The fourth-order valence-electron chi connectivity index (χ4n) is 1.74. The standard InChI is InChI=1S/C14H15F2N3O2/c1-9(2)19-13(5-6-17-19)18-14(20)8-21-12-4-3-10(15)7-11(12)16/h3-7,9H,8H2,1-2H3,(H,18,20). The molecule has 0 aliphatic carbocycles. The van der Waals surface area contributed by atoms with Crippen LogP contribution in [0.25, 0.3) is 0 Å². The van der Waals surface area contributed by atoms with Gasteiger partial charge in [0.15, 0.2) is 18.2 Å². The zero-order chi connectivity index (χ0) is 15.4. The molecule has 5 nitrogen and oxygen atoms in total. The van der Waals surface area contributed by atoms with Crippen LogP contribution < -0.4 is 10.1 Å². The monoisotopic (exact) mass is 295 g/mol. The van der Waals surface area contributed by atoms with Crippen molar-refractivity contribution in [3.63, 3.8) is 0 Å². The van der Waals surface area contributed by atoms with Crippen LogP contribution >= 0.6 is 0 Å². The summed E-state index contributed by atoms with van der Waals surface area (Å²) in [6.45, 7) is 3.46. The molecule has 1 heterocycles. The van der Waals surface area contributed by atoms with Crippen molar-refractivity contribution in [1.29, 1.82) is 0 Å². The van der Waals surface area contributed by atoms with Crippen molar-refractivity contribution in [2.45, 2.75) is 19.9 Å². The first-order valence-corrected chi connectivity index (χ1v) is 6.38. The third-order valence-electron chi connectivity index (χ3n) is 2.68. The lowest BCUT2D eigenvalue weighted by Gasteiger charge is -2.12. The zero-order valence-corrected chi connectivity index (χ0v) is 11.6. The molecule has 0 unspecified atom stereocenters. The van der Waals surface area contributed by atoms with Crippen molar-refractivity contribution in [1.82, 2.24) is 9.78 Å². The largest absolute Gasteiger partial charge is 0.481 e. The first-order valence-electron chi connectivity index (χ1n) is 6.38. The van der Waals surface area contributed by atoms with E-state index in [0.29, 0.717) is 11.9 Å². The van der Waals surface area contributed by atoms with Crippen molar-refractivity contribution in [2.75, 3.05) is 11.9 Å². The van der Waals surface area contributed by atoms with E-state index >= 15 is 0 Å². The number of ether oxygens (including phenoxy) is 1. The molecular weight excluding hydrogens is 280 g/mol. The summed E-state index contributed by atoms with van der Waals surface area (Å²) in [5.41, 5.74) is 0. The van der Waals surface area contributed by atoms with Crippen LogP contribution in [0.3, 0.4) is 0 Å². The third-order valence-corrected chi connectivity index (χ3v) is 2.68. The molecule has 2 rings (SSSR count). The van der Waals surface area contributed by atoms with Gasteiger partial charge in [-0.25, -0.2) is 13.5 Å². The summed E-state index contributed by atoms with van der Waals surface area (Å²) in [4.78, 5) is 11.8. The molecule has 0 saturated carbocycles. The van der Waals surface area contributed by atoms with Crippen molar-refractivity contribution >= 4 is 11.7 Å². The minimum atomic E-state index is -0.852. The van der Waals surface area contributed by atoms with Gasteiger partial charge >= 0.3 is 0 Å². The molecule has 0 atom stereocenters. The van der Waals surface area contributed by atoms with E-state index in [9.17, 15) is 13.6 Å². The molecule has 112 valence electrons. The van der Waals surface area contributed by atoms with Crippen LogP contribution in [0.5, 0.6) is 5.75 Å². The number of amides is 1. The maximum atomic E-state index is 13.3. The average molecular weight is 295 g/mol. The number of nitrogens with one attached hydrogen (secondary N) is 1. The number of nitrogens with zero attached hydrogens (tertiary/aromatic N) is 2. The van der Waals surface area contributed by atoms with Crippen molar-refractivity contribution in [2.24, 2.45) is 0 Å². The van der Waals surface area contributed by atoms with E-state index in [1.807, 2.05) is 13.8 Å². The minimum absolute atomic E-state index is 0.0887. The van der Waals surface area contributed by atoms with E-state index in [0.717, 1.165) is 12.1 Å². The Morgan fingerprint density at radius 2 is 2.14 bits per heavy atom. The van der Waals surface area contributed by atoms with E-state index < -0.39 is 17.5 Å². The van der Waals surface area contributed by atoms with Crippen LogP contribution in [0.4, 0.5) is 14.6 Å². The molecule has 0 radical (unpaired) electrons. The van der Waals surface area contributed by atoms with Crippen LogP contribution in [0.1, 0.15) is 19.9 Å². The lowest BCUT2D eigenvalue weighted by Crippen LogP contribution is -2.22. The number of carbonyl (C=O) groups is 1. The van der Waals surface area contributed by atoms with E-state index in [-0.39, 0.29) is 18.4 Å². The van der Waals surface area contributed by atoms with Crippen LogP contribution in [0.15, 0.2) is 30.5 Å². The molecule has 1 amide bonds. The molecule has 1 N–H and O–H groups in total. The fraction of sp³-hybridized carbons (Fsp3) is 0.286. The van der Waals surface area contributed by atoms with Gasteiger partial charge in [0.25, 0.3) is 5.91 Å². The second kappa shape index (κ2) is 6.34. The Balaban J connectivity index is 1.94. The zero-order valence-electron chi connectivity index (χ0n) is 11.6. The first kappa shape index (κ1) is 15.0. The Morgan fingerprint density at radius 1 is 1.38 bits per heavy atom. The summed E-state index contributed by atoms with van der Waals surface area (Å²) in [5, 5.41) is 6.68. The van der Waals surface area contributed by atoms with Crippen molar-refractivity contribution < 1.29 is 18.3 Å². The first-order chi connectivity index (χ1) is 9.97. The molecule has 0 spiro atoms. The normalized spacial score (nSPS) is 10.7. The maximum absolute atomic E-state index is 13.3. The van der Waals surface area contributed by atoms with Gasteiger partial charge in [-0.2, -0.15) is 5.10 Å². The lowest BCUT2D eigenvalue weighted by molar-refractivity contribution is -0.118. The minimum Gasteiger partial charge on any atom is -0.481 e. The highest BCUT2D eigenvalue weighted by molar-refractivity contribution is 5.91. The van der Waals surface area contributed by atoms with Crippen molar-refractivity contribution in [3.05, 3.63) is 42.1 Å². The summed E-state index contributed by atoms with van der Waals surface area (Å²) in [6, 6.07) is 4.63. The quantitative estimate of drug-likeness (QED) is 0.922. The van der Waals surface area contributed by atoms with Crippen LogP contribution in [0.2, 0.25) is 0 Å². The van der Waals surface area contributed by atoms with Gasteiger partial charge in [-0.1, -0.05) is 0 Å². The van der Waals surface area contributed by atoms with Gasteiger partial charge in [-0.3, -0.25) is 4.79 Å². The number of hydrogen-bond acceptors (Lipinski definition) is 3. The topological polar surface area (TPSA) is 56.2 Å². The van der Waals surface area contributed by atoms with Gasteiger partial charge in [0.2, 0.25) is 0 Å². The van der Waals surface area contributed by atoms with Gasteiger partial charge < -0.3 is 10.1 Å². The fourth-order valence-corrected chi connectivity index (χ4v) is 1.74. The van der Waals surface area contributed by atoms with Crippen LogP contribution in [0, 0.1) is 11.6 Å². The van der Waals surface area contributed by atoms with Gasteiger partial charge in [-0.15, -0.1) is 0 Å². The number of carbonyl (C=O) groups excluding carboxylic acids is 1. The van der Waals surface area contributed by atoms with Crippen LogP contribution in [-0.4, -0.2) is 22.3 Å². The lowest BCUT2D eigenvalue weighted by atomic mass is 10.3. The second-order valence-electron chi connectivity index (χ2n) is 4.67. The smallest absolute Gasteiger partial charge is 0.263 e. The summed E-state index contributed by atoms with van der Waals surface area (Å²) in [6.07, 6.45) is 1.57. The van der Waals surface area contributed by atoms with E-state index in [1.165, 1.54) is 0 Å². The average Bonchev–Trinajstić information content (AvgIpc) is 2.86. The van der Waals surface area contributed by atoms with Gasteiger partial charge in [0.05, 0.1) is 6.20 Å². The van der Waals surface area contributed by atoms with Crippen molar-refractivity contribution in [3.8, 4) is 5.75 Å². The molecular formula is C14H15F2N3O2. The highest BCUT2D eigenvalue weighted by Crippen LogP contribution is 2.18. The highest BCUT2D eigenvalue weighted by Gasteiger charge is 2.11. The Labute approximate surface area is 120 Å². The van der Waals surface area contributed by atoms with E-state index in [1.54, 1.807) is 16.9 Å². The van der Waals surface area contributed by atoms with E-state index in [2.05, 4.69) is 10.4 Å². The summed E-state index contributed by atoms with van der Waals surface area (Å²) in [5.74, 6) is -1.66. The number of halogens is 2. The second-order valence-corrected chi connectivity index (χ2v) is 4.67. The highest BCUT2D eigenvalue weighted by atomic mass is 19.1. The summed E-state index contributed by atoms with van der Waals surface area (Å²) >= 11 is 0. The summed E-state index contributed by atoms with van der Waals surface area (Å²) < 4.78 is 32.7. The molecule has 0 fully saturated rings. The Hall–Kier alpha value is -2.44. The number of rotatable bonds is 5. The maximum Gasteiger partial charge on any atom is 0.263 e. The number of hydrogen-bond donors (Lipinski definition) is 1. The molecule has 0 aliphatic rings. The molecule has 0 saturated heterocycles. The molecule has 0 bridgehead atoms. The predicted molar refractivity (Wildman–Crippen MR) is 73.1 cm³/mol. The Bertz CT molecular complexity index is 641. The molecule has 7 heteroatoms. The molecule has 2 aromatic rings. The Morgan fingerprint density at radius 3 is 2.81 bits per heavy atom. The van der Waals surface area contributed by atoms with E-state index in [4.69, 9.17) is 4.74 Å². The molecule has 21 heavy (non-hydrogen) atoms. The van der Waals surface area contributed by atoms with Gasteiger partial charge in [0.1, 0.15) is 11.6 Å². The van der Waals surface area contributed by atoms with Gasteiger partial charge in [-0.05, 0) is 26.0 Å². The third kappa shape index (κ3) is 3.77. The number of aromatic nitrogens is 2. The molecule has 0 aliphatic heterocycles. The van der Waals surface area contributed by atoms with Crippen LogP contribution in [-0.2, 0) is 4.79 Å². The number of anilines is 1. The molecule has 1 aromatic carbocycles. The van der Waals surface area contributed by atoms with Gasteiger partial charge in [0, 0.05) is 18.2 Å². The number of benzene rings is 1. The summed E-state index contributed by atoms with van der Waals surface area (Å²) in [7, 11) is 0. The predicted octanol–water partition coefficient (Wildman–Crippen LogP) is 2.76.